The monoisotopic (exact) mass is 282 g/mol. The van der Waals surface area contributed by atoms with E-state index < -0.39 is 0 Å². The number of nitrogens with one attached hydrogen (secondary N) is 1. The zero-order valence-electron chi connectivity index (χ0n) is 10.7. The van der Waals surface area contributed by atoms with Crippen LogP contribution in [0, 0.1) is 5.82 Å². The van der Waals surface area contributed by atoms with Gasteiger partial charge in [-0.05, 0) is 38.2 Å². The predicted molar refractivity (Wildman–Crippen MR) is 73.4 cm³/mol. The second-order valence-electron chi connectivity index (χ2n) is 4.51. The molecule has 1 saturated heterocycles. The third-order valence-corrected chi connectivity index (χ3v) is 3.13. The van der Waals surface area contributed by atoms with E-state index in [2.05, 4.69) is 5.32 Å². The second kappa shape index (κ2) is 5.52. The number of rotatable bonds is 4. The number of carbonyl (C=O) groups excluding carboxylic acids is 1. The summed E-state index contributed by atoms with van der Waals surface area (Å²) in [6, 6.07) is 5.61. The lowest BCUT2D eigenvalue weighted by molar-refractivity contribution is -0.127. The van der Waals surface area contributed by atoms with Gasteiger partial charge in [-0.25, -0.2) is 4.39 Å². The minimum absolute atomic E-state index is 0.0697. The number of ether oxygens (including phenoxy) is 1. The lowest BCUT2D eigenvalue weighted by atomic mass is 10.3. The molecule has 0 aliphatic carbocycles. The zero-order valence-corrected chi connectivity index (χ0v) is 11.5. The Morgan fingerprint density at radius 2 is 2.32 bits per heavy atom. The predicted octanol–water partition coefficient (Wildman–Crippen LogP) is 1.70. The van der Waals surface area contributed by atoms with Gasteiger partial charge in [0.2, 0.25) is 0 Å². The minimum atomic E-state index is -0.354. The average Bonchev–Trinajstić information content (AvgIpc) is 2.56. The van der Waals surface area contributed by atoms with E-state index in [-0.39, 0.29) is 23.9 Å². The van der Waals surface area contributed by atoms with Gasteiger partial charge >= 0.3 is 0 Å². The highest BCUT2D eigenvalue weighted by atomic mass is 32.1. The van der Waals surface area contributed by atoms with Crippen LogP contribution in [0.25, 0.3) is 0 Å². The molecule has 6 heteroatoms. The summed E-state index contributed by atoms with van der Waals surface area (Å²) >= 11 is 5.08. The second-order valence-corrected chi connectivity index (χ2v) is 4.89. The van der Waals surface area contributed by atoms with Gasteiger partial charge in [0.05, 0.1) is 6.54 Å². The molecule has 0 aromatic heterocycles. The zero-order chi connectivity index (χ0) is 14.0. The van der Waals surface area contributed by atoms with Crippen molar-refractivity contribution in [2.75, 3.05) is 6.54 Å². The van der Waals surface area contributed by atoms with E-state index in [0.29, 0.717) is 17.4 Å². The van der Waals surface area contributed by atoms with Gasteiger partial charge < -0.3 is 10.1 Å². The van der Waals surface area contributed by atoms with E-state index in [1.54, 1.807) is 19.1 Å². The van der Waals surface area contributed by atoms with Crippen molar-refractivity contribution in [3.8, 4) is 5.75 Å². The van der Waals surface area contributed by atoms with Gasteiger partial charge in [-0.1, -0.05) is 6.07 Å². The molecule has 1 aromatic carbocycles. The van der Waals surface area contributed by atoms with Gasteiger partial charge in [0.1, 0.15) is 23.7 Å². The van der Waals surface area contributed by atoms with Crippen LogP contribution in [0.5, 0.6) is 5.75 Å². The largest absolute Gasteiger partial charge is 0.489 e. The van der Waals surface area contributed by atoms with Crippen LogP contribution in [0.15, 0.2) is 24.3 Å². The molecule has 0 bridgehead atoms. The number of benzene rings is 1. The van der Waals surface area contributed by atoms with Gasteiger partial charge in [0, 0.05) is 6.07 Å². The van der Waals surface area contributed by atoms with E-state index >= 15 is 0 Å². The lowest BCUT2D eigenvalue weighted by Crippen LogP contribution is -2.38. The van der Waals surface area contributed by atoms with Crippen LogP contribution >= 0.6 is 12.2 Å². The van der Waals surface area contributed by atoms with Gasteiger partial charge in [0.25, 0.3) is 5.91 Å². The molecule has 1 N–H and O–H groups in total. The van der Waals surface area contributed by atoms with Gasteiger partial charge in [-0.3, -0.25) is 9.69 Å². The maximum Gasteiger partial charge on any atom is 0.251 e. The van der Waals surface area contributed by atoms with Crippen molar-refractivity contribution >= 4 is 23.2 Å². The Morgan fingerprint density at radius 3 is 2.89 bits per heavy atom. The first-order valence-corrected chi connectivity index (χ1v) is 6.42. The fourth-order valence-corrected chi connectivity index (χ4v) is 2.24. The first-order chi connectivity index (χ1) is 8.97. The maximum absolute atomic E-state index is 13.0. The Labute approximate surface area is 116 Å². The van der Waals surface area contributed by atoms with Crippen molar-refractivity contribution in [1.29, 1.82) is 0 Å². The summed E-state index contributed by atoms with van der Waals surface area (Å²) < 4.78 is 18.6. The molecule has 4 nitrogen and oxygen atoms in total. The Hall–Kier alpha value is -1.69. The number of amides is 1. The molecular weight excluding hydrogens is 267 g/mol. The molecule has 2 atom stereocenters. The molecule has 102 valence electrons. The molecule has 1 amide bonds. The number of carbonyl (C=O) groups is 1. The molecule has 1 aromatic rings. The van der Waals surface area contributed by atoms with E-state index in [4.69, 9.17) is 17.0 Å². The molecule has 0 radical (unpaired) electrons. The Morgan fingerprint density at radius 1 is 1.58 bits per heavy atom. The van der Waals surface area contributed by atoms with Crippen LogP contribution in [0.3, 0.4) is 0 Å². The normalized spacial score (nSPS) is 20.4. The van der Waals surface area contributed by atoms with Crippen molar-refractivity contribution in [2.24, 2.45) is 0 Å². The Kier molecular flexibility index (Phi) is 3.99. The van der Waals surface area contributed by atoms with E-state index in [9.17, 15) is 9.18 Å². The molecule has 1 heterocycles. The molecule has 2 unspecified atom stereocenters. The molecule has 1 aliphatic rings. The summed E-state index contributed by atoms with van der Waals surface area (Å²) in [6.45, 7) is 3.90. The fourth-order valence-electron chi connectivity index (χ4n) is 1.90. The van der Waals surface area contributed by atoms with E-state index in [1.165, 1.54) is 17.0 Å². The van der Waals surface area contributed by atoms with Gasteiger partial charge in [-0.15, -0.1) is 0 Å². The maximum atomic E-state index is 13.0. The fraction of sp³-hybridized carbons (Fsp3) is 0.385. The number of halogens is 1. The summed E-state index contributed by atoms with van der Waals surface area (Å²) in [7, 11) is 0. The third-order valence-electron chi connectivity index (χ3n) is 2.79. The number of hydrogen-bond donors (Lipinski definition) is 1. The lowest BCUT2D eigenvalue weighted by Gasteiger charge is -2.21. The molecule has 19 heavy (non-hydrogen) atoms. The molecule has 1 fully saturated rings. The number of thiocarbonyl (C=S) groups is 1. The highest BCUT2D eigenvalue weighted by Gasteiger charge is 2.33. The van der Waals surface area contributed by atoms with Crippen molar-refractivity contribution in [3.63, 3.8) is 0 Å². The third kappa shape index (κ3) is 3.20. The smallest absolute Gasteiger partial charge is 0.251 e. The van der Waals surface area contributed by atoms with Gasteiger partial charge in [-0.2, -0.15) is 0 Å². The van der Waals surface area contributed by atoms with Crippen molar-refractivity contribution in [2.45, 2.75) is 26.0 Å². The van der Waals surface area contributed by atoms with Crippen LogP contribution in [0.2, 0.25) is 0 Å². The molecular formula is C13H15FN2O2S. The minimum Gasteiger partial charge on any atom is -0.489 e. The van der Waals surface area contributed by atoms with Crippen LogP contribution in [-0.2, 0) is 4.79 Å². The first-order valence-electron chi connectivity index (χ1n) is 6.01. The number of hydrogen-bond acceptors (Lipinski definition) is 3. The van der Waals surface area contributed by atoms with Crippen molar-refractivity contribution < 1.29 is 13.9 Å². The SMILES string of the molecule is CC(CN1C(=O)C(C)NC1=S)Oc1cccc(F)c1. The van der Waals surface area contributed by atoms with Crippen LogP contribution in [0.1, 0.15) is 13.8 Å². The average molecular weight is 282 g/mol. The summed E-state index contributed by atoms with van der Waals surface area (Å²) in [4.78, 5) is 13.3. The molecule has 2 rings (SSSR count). The van der Waals surface area contributed by atoms with Crippen LogP contribution in [-0.4, -0.2) is 34.6 Å². The Bertz CT molecular complexity index is 509. The first kappa shape index (κ1) is 13.7. The molecule has 0 saturated carbocycles. The van der Waals surface area contributed by atoms with Crippen LogP contribution < -0.4 is 10.1 Å². The van der Waals surface area contributed by atoms with E-state index in [0.717, 1.165) is 0 Å². The molecule has 1 aliphatic heterocycles. The Balaban J connectivity index is 1.96. The molecule has 0 spiro atoms. The number of nitrogens with zero attached hydrogens (tertiary/aromatic N) is 1. The highest BCUT2D eigenvalue weighted by Crippen LogP contribution is 2.15. The standard InChI is InChI=1S/C13H15FN2O2S/c1-8(18-11-5-3-4-10(14)6-11)7-16-12(17)9(2)15-13(16)19/h3-6,8-9H,7H2,1-2H3,(H,15,19). The summed E-state index contributed by atoms with van der Waals surface area (Å²) in [6.07, 6.45) is -0.282. The van der Waals surface area contributed by atoms with Gasteiger partial charge in [0.15, 0.2) is 5.11 Å². The van der Waals surface area contributed by atoms with E-state index in [1.807, 2.05) is 6.92 Å². The van der Waals surface area contributed by atoms with Crippen molar-refractivity contribution in [3.05, 3.63) is 30.1 Å². The highest BCUT2D eigenvalue weighted by molar-refractivity contribution is 7.80. The summed E-state index contributed by atoms with van der Waals surface area (Å²) in [5, 5.41) is 3.30. The topological polar surface area (TPSA) is 41.6 Å². The van der Waals surface area contributed by atoms with Crippen molar-refractivity contribution in [1.82, 2.24) is 10.2 Å². The quantitative estimate of drug-likeness (QED) is 0.854. The summed E-state index contributed by atoms with van der Waals surface area (Å²) in [5.41, 5.74) is 0. The summed E-state index contributed by atoms with van der Waals surface area (Å²) in [5.74, 6) is 0.0125. The van der Waals surface area contributed by atoms with Crippen LogP contribution in [0.4, 0.5) is 4.39 Å².